The third kappa shape index (κ3) is 1.42. The Morgan fingerprint density at radius 2 is 2.10 bits per heavy atom. The van der Waals surface area contributed by atoms with Crippen molar-refractivity contribution in [3.63, 3.8) is 0 Å². The van der Waals surface area contributed by atoms with Gasteiger partial charge in [0.25, 0.3) is 0 Å². The van der Waals surface area contributed by atoms with Crippen LogP contribution in [0.5, 0.6) is 0 Å². The van der Waals surface area contributed by atoms with Gasteiger partial charge in [-0.15, -0.1) is 6.58 Å². The van der Waals surface area contributed by atoms with Crippen molar-refractivity contribution >= 4 is 0 Å². The van der Waals surface area contributed by atoms with E-state index in [-0.39, 0.29) is 0 Å². The summed E-state index contributed by atoms with van der Waals surface area (Å²) in [5.41, 5.74) is 0. The van der Waals surface area contributed by atoms with Crippen LogP contribution < -0.4 is 0 Å². The van der Waals surface area contributed by atoms with Crippen LogP contribution in [-0.4, -0.2) is 0 Å². The molecule has 2 atom stereocenters. The van der Waals surface area contributed by atoms with Gasteiger partial charge >= 0.3 is 0 Å². The molecule has 10 heavy (non-hydrogen) atoms. The van der Waals surface area contributed by atoms with Crippen molar-refractivity contribution in [1.29, 1.82) is 0 Å². The van der Waals surface area contributed by atoms with E-state index in [1.807, 2.05) is 0 Å². The lowest BCUT2D eigenvalue weighted by molar-refractivity contribution is 0.339. The lowest BCUT2D eigenvalue weighted by Crippen LogP contribution is -2.11. The molecule has 0 bridgehead atoms. The molecule has 0 radical (unpaired) electrons. The lowest BCUT2D eigenvalue weighted by atomic mass is 9.86. The molecule has 0 aromatic heterocycles. The fourth-order valence-electron chi connectivity index (χ4n) is 2.14. The number of hydrogen-bond donors (Lipinski definition) is 0. The Bertz CT molecular complexity index is 113. The molecular formula is C10H18. The fraction of sp³-hybridized carbons (Fsp3) is 0.800. The summed E-state index contributed by atoms with van der Waals surface area (Å²) in [5.74, 6) is 2.60. The molecule has 0 amide bonds. The summed E-state index contributed by atoms with van der Waals surface area (Å²) in [6.45, 7) is 8.53. The zero-order valence-electron chi connectivity index (χ0n) is 7.14. The maximum atomic E-state index is 3.88. The number of allylic oxidation sites excluding steroid dienone is 1. The molecule has 0 aromatic rings. The Hall–Kier alpha value is -0.260. The topological polar surface area (TPSA) is 0 Å². The molecule has 1 rings (SSSR count). The van der Waals surface area contributed by atoms with Gasteiger partial charge in [-0.3, -0.25) is 0 Å². The Balaban J connectivity index is 2.49. The largest absolute Gasteiger partial charge is 0.103 e. The zero-order valence-corrected chi connectivity index (χ0v) is 7.14. The lowest BCUT2D eigenvalue weighted by Gasteiger charge is -2.19. The minimum absolute atomic E-state index is 0.819. The van der Waals surface area contributed by atoms with E-state index >= 15 is 0 Å². The van der Waals surface area contributed by atoms with Gasteiger partial charge in [0.15, 0.2) is 0 Å². The SMILES string of the molecule is C=CC1CCCC1C(C)C. The molecule has 0 heteroatoms. The predicted molar refractivity (Wildman–Crippen MR) is 45.9 cm³/mol. The van der Waals surface area contributed by atoms with E-state index in [1.165, 1.54) is 19.3 Å². The first-order valence-corrected chi connectivity index (χ1v) is 4.38. The standard InChI is InChI=1S/C10H18/c1-4-9-6-5-7-10(9)8(2)3/h4,8-10H,1,5-7H2,2-3H3. The van der Waals surface area contributed by atoms with Crippen LogP contribution in [0, 0.1) is 17.8 Å². The highest BCUT2D eigenvalue weighted by molar-refractivity contribution is 4.90. The minimum atomic E-state index is 0.819. The van der Waals surface area contributed by atoms with E-state index in [9.17, 15) is 0 Å². The molecule has 1 aliphatic carbocycles. The predicted octanol–water partition coefficient (Wildman–Crippen LogP) is 3.24. The van der Waals surface area contributed by atoms with Crippen molar-refractivity contribution < 1.29 is 0 Å². The second-order valence-corrected chi connectivity index (χ2v) is 3.74. The van der Waals surface area contributed by atoms with Crippen molar-refractivity contribution in [2.45, 2.75) is 33.1 Å². The molecule has 1 fully saturated rings. The van der Waals surface area contributed by atoms with E-state index in [0.29, 0.717) is 0 Å². The minimum Gasteiger partial charge on any atom is -0.103 e. The average molecular weight is 138 g/mol. The smallest absolute Gasteiger partial charge is 0.0205 e. The summed E-state index contributed by atoms with van der Waals surface area (Å²) >= 11 is 0. The van der Waals surface area contributed by atoms with E-state index < -0.39 is 0 Å². The quantitative estimate of drug-likeness (QED) is 0.514. The van der Waals surface area contributed by atoms with Crippen LogP contribution >= 0.6 is 0 Å². The van der Waals surface area contributed by atoms with Crippen molar-refractivity contribution in [3.8, 4) is 0 Å². The van der Waals surface area contributed by atoms with Crippen LogP contribution in [0.4, 0.5) is 0 Å². The highest BCUT2D eigenvalue weighted by atomic mass is 14.3. The Labute approximate surface area is 64.3 Å². The van der Waals surface area contributed by atoms with Crippen LogP contribution in [0.1, 0.15) is 33.1 Å². The molecule has 0 saturated heterocycles. The van der Waals surface area contributed by atoms with Crippen LogP contribution in [0.2, 0.25) is 0 Å². The van der Waals surface area contributed by atoms with Crippen LogP contribution in [0.3, 0.4) is 0 Å². The van der Waals surface area contributed by atoms with Gasteiger partial charge in [-0.2, -0.15) is 0 Å². The van der Waals surface area contributed by atoms with Gasteiger partial charge in [-0.1, -0.05) is 26.3 Å². The second kappa shape index (κ2) is 3.23. The third-order valence-electron chi connectivity index (χ3n) is 2.78. The van der Waals surface area contributed by atoms with Crippen LogP contribution in [0.25, 0.3) is 0 Å². The van der Waals surface area contributed by atoms with E-state index in [4.69, 9.17) is 0 Å². The first-order valence-electron chi connectivity index (χ1n) is 4.38. The third-order valence-corrected chi connectivity index (χ3v) is 2.78. The molecule has 0 heterocycles. The first-order chi connectivity index (χ1) is 4.75. The van der Waals surface area contributed by atoms with E-state index in [1.54, 1.807) is 0 Å². The molecule has 58 valence electrons. The molecular weight excluding hydrogens is 120 g/mol. The molecule has 0 nitrogen and oxygen atoms in total. The van der Waals surface area contributed by atoms with Crippen molar-refractivity contribution in [3.05, 3.63) is 12.7 Å². The van der Waals surface area contributed by atoms with Gasteiger partial charge in [0.1, 0.15) is 0 Å². The highest BCUT2D eigenvalue weighted by Crippen LogP contribution is 2.37. The number of hydrogen-bond acceptors (Lipinski definition) is 0. The van der Waals surface area contributed by atoms with Crippen molar-refractivity contribution in [2.24, 2.45) is 17.8 Å². The second-order valence-electron chi connectivity index (χ2n) is 3.74. The molecule has 0 N–H and O–H groups in total. The summed E-state index contributed by atoms with van der Waals surface area (Å²) in [5, 5.41) is 0. The molecule has 1 aliphatic rings. The summed E-state index contributed by atoms with van der Waals surface area (Å²) in [6, 6.07) is 0. The van der Waals surface area contributed by atoms with Crippen molar-refractivity contribution in [1.82, 2.24) is 0 Å². The van der Waals surface area contributed by atoms with E-state index in [0.717, 1.165) is 17.8 Å². The van der Waals surface area contributed by atoms with Gasteiger partial charge < -0.3 is 0 Å². The normalized spacial score (nSPS) is 33.1. The van der Waals surface area contributed by atoms with Crippen LogP contribution in [-0.2, 0) is 0 Å². The molecule has 1 saturated carbocycles. The number of rotatable bonds is 2. The van der Waals surface area contributed by atoms with Gasteiger partial charge in [-0.05, 0) is 30.6 Å². The monoisotopic (exact) mass is 138 g/mol. The first kappa shape index (κ1) is 7.84. The van der Waals surface area contributed by atoms with Crippen molar-refractivity contribution in [2.75, 3.05) is 0 Å². The Morgan fingerprint density at radius 3 is 2.50 bits per heavy atom. The molecule has 0 spiro atoms. The molecule has 0 aliphatic heterocycles. The Kier molecular flexibility index (Phi) is 2.53. The highest BCUT2D eigenvalue weighted by Gasteiger charge is 2.26. The maximum absolute atomic E-state index is 3.88. The molecule has 2 unspecified atom stereocenters. The van der Waals surface area contributed by atoms with Gasteiger partial charge in [0.05, 0.1) is 0 Å². The van der Waals surface area contributed by atoms with Gasteiger partial charge in [0, 0.05) is 0 Å². The summed E-state index contributed by atoms with van der Waals surface area (Å²) in [7, 11) is 0. The van der Waals surface area contributed by atoms with Gasteiger partial charge in [0.2, 0.25) is 0 Å². The summed E-state index contributed by atoms with van der Waals surface area (Å²) in [4.78, 5) is 0. The van der Waals surface area contributed by atoms with Gasteiger partial charge in [-0.25, -0.2) is 0 Å². The molecule has 0 aromatic carbocycles. The van der Waals surface area contributed by atoms with E-state index in [2.05, 4.69) is 26.5 Å². The Morgan fingerprint density at radius 1 is 1.40 bits per heavy atom. The average Bonchev–Trinajstić information content (AvgIpc) is 2.33. The van der Waals surface area contributed by atoms with Crippen LogP contribution in [0.15, 0.2) is 12.7 Å². The zero-order chi connectivity index (χ0) is 7.56. The fourth-order valence-corrected chi connectivity index (χ4v) is 2.14. The maximum Gasteiger partial charge on any atom is -0.0205 e. The summed E-state index contributed by atoms with van der Waals surface area (Å²) < 4.78 is 0. The summed E-state index contributed by atoms with van der Waals surface area (Å²) in [6.07, 6.45) is 6.37.